The van der Waals surface area contributed by atoms with Crippen molar-refractivity contribution < 1.29 is 24.2 Å². The molecule has 0 fully saturated rings. The standard InChI is InChI=1S/C16H14INO5/c1-22-12-5-6-14(19)13(8-12)16(21)23-9-15(20)18-11-4-2-3-10(17)7-11/h2-8,19H,9H2,1H3,(H,18,20). The van der Waals surface area contributed by atoms with Gasteiger partial charge in [-0.3, -0.25) is 4.79 Å². The van der Waals surface area contributed by atoms with Crippen LogP contribution in [0.25, 0.3) is 0 Å². The van der Waals surface area contributed by atoms with Gasteiger partial charge in [-0.1, -0.05) is 6.07 Å². The highest BCUT2D eigenvalue weighted by molar-refractivity contribution is 14.1. The van der Waals surface area contributed by atoms with E-state index in [1.54, 1.807) is 18.2 Å². The molecule has 0 heterocycles. The molecule has 0 aliphatic rings. The number of methoxy groups -OCH3 is 1. The zero-order chi connectivity index (χ0) is 16.8. The van der Waals surface area contributed by atoms with E-state index in [9.17, 15) is 14.7 Å². The smallest absolute Gasteiger partial charge is 0.342 e. The van der Waals surface area contributed by atoms with E-state index in [1.807, 2.05) is 6.07 Å². The molecule has 0 atom stereocenters. The molecular weight excluding hydrogens is 413 g/mol. The van der Waals surface area contributed by atoms with E-state index < -0.39 is 18.5 Å². The Hall–Kier alpha value is -2.29. The molecular formula is C16H14INO5. The van der Waals surface area contributed by atoms with Crippen molar-refractivity contribution in [1.29, 1.82) is 0 Å². The maximum absolute atomic E-state index is 11.9. The minimum atomic E-state index is -0.806. The maximum Gasteiger partial charge on any atom is 0.342 e. The van der Waals surface area contributed by atoms with Gasteiger partial charge in [-0.2, -0.15) is 0 Å². The predicted molar refractivity (Wildman–Crippen MR) is 92.7 cm³/mol. The topological polar surface area (TPSA) is 84.9 Å². The van der Waals surface area contributed by atoms with Crippen LogP contribution in [0.3, 0.4) is 0 Å². The van der Waals surface area contributed by atoms with Crippen LogP contribution in [0.5, 0.6) is 11.5 Å². The molecule has 0 bridgehead atoms. The summed E-state index contributed by atoms with van der Waals surface area (Å²) in [5.74, 6) is -1.12. The van der Waals surface area contributed by atoms with E-state index in [-0.39, 0.29) is 11.3 Å². The quantitative estimate of drug-likeness (QED) is 0.567. The fraction of sp³-hybridized carbons (Fsp3) is 0.125. The van der Waals surface area contributed by atoms with Crippen molar-refractivity contribution in [3.05, 3.63) is 51.6 Å². The lowest BCUT2D eigenvalue weighted by atomic mass is 10.2. The number of aromatic hydroxyl groups is 1. The first-order valence-electron chi connectivity index (χ1n) is 6.59. The summed E-state index contributed by atoms with van der Waals surface area (Å²) in [5, 5.41) is 12.3. The Kier molecular flexibility index (Phi) is 5.80. The molecule has 2 aromatic rings. The van der Waals surface area contributed by atoms with Gasteiger partial charge in [0.2, 0.25) is 0 Å². The van der Waals surface area contributed by atoms with Crippen molar-refractivity contribution in [3.8, 4) is 11.5 Å². The summed E-state index contributed by atoms with van der Waals surface area (Å²) in [6.45, 7) is -0.457. The third kappa shape index (κ3) is 4.85. The third-order valence-electron chi connectivity index (χ3n) is 2.87. The van der Waals surface area contributed by atoms with Crippen molar-refractivity contribution in [2.24, 2.45) is 0 Å². The Balaban J connectivity index is 1.95. The van der Waals surface area contributed by atoms with Gasteiger partial charge in [0.25, 0.3) is 5.91 Å². The van der Waals surface area contributed by atoms with Gasteiger partial charge in [0, 0.05) is 9.26 Å². The van der Waals surface area contributed by atoms with Crippen LogP contribution >= 0.6 is 22.6 Å². The van der Waals surface area contributed by atoms with Crippen LogP contribution in [0.15, 0.2) is 42.5 Å². The molecule has 1 amide bonds. The van der Waals surface area contributed by atoms with Gasteiger partial charge in [0.05, 0.1) is 7.11 Å². The van der Waals surface area contributed by atoms with Crippen LogP contribution in [-0.2, 0) is 9.53 Å². The molecule has 2 aromatic carbocycles. The van der Waals surface area contributed by atoms with Crippen molar-refractivity contribution in [2.45, 2.75) is 0 Å². The molecule has 120 valence electrons. The number of hydrogen-bond acceptors (Lipinski definition) is 5. The summed E-state index contributed by atoms with van der Waals surface area (Å²) in [5.41, 5.74) is 0.550. The number of hydrogen-bond donors (Lipinski definition) is 2. The lowest BCUT2D eigenvalue weighted by molar-refractivity contribution is -0.119. The number of rotatable bonds is 5. The van der Waals surface area contributed by atoms with E-state index in [0.717, 1.165) is 3.57 Å². The number of ether oxygens (including phenoxy) is 2. The molecule has 6 nitrogen and oxygen atoms in total. The number of carbonyl (C=O) groups is 2. The molecule has 0 aliphatic carbocycles. The van der Waals surface area contributed by atoms with Crippen LogP contribution in [0.1, 0.15) is 10.4 Å². The first-order chi connectivity index (χ1) is 11.0. The molecule has 0 saturated heterocycles. The summed E-state index contributed by atoms with van der Waals surface area (Å²) < 4.78 is 10.9. The van der Waals surface area contributed by atoms with Gasteiger partial charge >= 0.3 is 5.97 Å². The largest absolute Gasteiger partial charge is 0.507 e. The normalized spacial score (nSPS) is 10.0. The van der Waals surface area contributed by atoms with E-state index in [2.05, 4.69) is 27.9 Å². The lowest BCUT2D eigenvalue weighted by Crippen LogP contribution is -2.21. The number of phenols is 1. The number of esters is 1. The zero-order valence-corrected chi connectivity index (χ0v) is 14.4. The van der Waals surface area contributed by atoms with Crippen molar-refractivity contribution in [2.75, 3.05) is 19.0 Å². The van der Waals surface area contributed by atoms with Gasteiger partial charge in [-0.15, -0.1) is 0 Å². The van der Waals surface area contributed by atoms with Crippen LogP contribution in [0, 0.1) is 3.57 Å². The Labute approximate surface area is 146 Å². The van der Waals surface area contributed by atoms with E-state index >= 15 is 0 Å². The summed E-state index contributed by atoms with van der Waals surface area (Å²) in [7, 11) is 1.44. The molecule has 2 rings (SSSR count). The van der Waals surface area contributed by atoms with Crippen molar-refractivity contribution >= 4 is 40.2 Å². The van der Waals surface area contributed by atoms with Crippen LogP contribution in [-0.4, -0.2) is 30.7 Å². The molecule has 0 saturated carbocycles. The molecule has 7 heteroatoms. The highest BCUT2D eigenvalue weighted by Gasteiger charge is 2.15. The van der Waals surface area contributed by atoms with Gasteiger partial charge in [0.15, 0.2) is 6.61 Å². The van der Waals surface area contributed by atoms with Crippen LogP contribution in [0.2, 0.25) is 0 Å². The number of anilines is 1. The molecule has 0 spiro atoms. The molecule has 0 radical (unpaired) electrons. The van der Waals surface area contributed by atoms with Crippen LogP contribution in [0.4, 0.5) is 5.69 Å². The average molecular weight is 427 g/mol. The number of carbonyl (C=O) groups excluding carboxylic acids is 2. The van der Waals surface area contributed by atoms with Gasteiger partial charge < -0.3 is 19.9 Å². The Morgan fingerprint density at radius 2 is 2.00 bits per heavy atom. The number of phenolic OH excluding ortho intramolecular Hbond substituents is 1. The van der Waals surface area contributed by atoms with E-state index in [4.69, 9.17) is 9.47 Å². The van der Waals surface area contributed by atoms with Crippen LogP contribution < -0.4 is 10.1 Å². The van der Waals surface area contributed by atoms with Gasteiger partial charge in [0.1, 0.15) is 17.1 Å². The number of amides is 1. The second-order valence-electron chi connectivity index (χ2n) is 4.52. The Morgan fingerprint density at radius 1 is 1.22 bits per heavy atom. The number of halogens is 1. The van der Waals surface area contributed by atoms with Gasteiger partial charge in [-0.05, 0) is 59.0 Å². The summed E-state index contributed by atoms with van der Waals surface area (Å²) in [4.78, 5) is 23.7. The molecule has 0 unspecified atom stereocenters. The molecule has 23 heavy (non-hydrogen) atoms. The SMILES string of the molecule is COc1ccc(O)c(C(=O)OCC(=O)Nc2cccc(I)c2)c1. The van der Waals surface area contributed by atoms with Crippen molar-refractivity contribution in [3.63, 3.8) is 0 Å². The predicted octanol–water partition coefficient (Wildman–Crippen LogP) is 2.80. The fourth-order valence-electron chi connectivity index (χ4n) is 1.78. The number of benzene rings is 2. The highest BCUT2D eigenvalue weighted by Crippen LogP contribution is 2.23. The second kappa shape index (κ2) is 7.82. The fourth-order valence-corrected chi connectivity index (χ4v) is 2.32. The number of nitrogens with one attached hydrogen (secondary N) is 1. The van der Waals surface area contributed by atoms with Gasteiger partial charge in [-0.25, -0.2) is 4.79 Å². The molecule has 0 aliphatic heterocycles. The minimum absolute atomic E-state index is 0.0635. The minimum Gasteiger partial charge on any atom is -0.507 e. The summed E-state index contributed by atoms with van der Waals surface area (Å²) in [6, 6.07) is 11.4. The second-order valence-corrected chi connectivity index (χ2v) is 5.76. The van der Waals surface area contributed by atoms with Crippen molar-refractivity contribution in [1.82, 2.24) is 0 Å². The Morgan fingerprint density at radius 3 is 2.70 bits per heavy atom. The molecule has 2 N–H and O–H groups in total. The van der Waals surface area contributed by atoms with E-state index in [1.165, 1.54) is 25.3 Å². The summed E-state index contributed by atoms with van der Waals surface area (Å²) in [6.07, 6.45) is 0. The average Bonchev–Trinajstić information content (AvgIpc) is 2.53. The third-order valence-corrected chi connectivity index (χ3v) is 3.54. The summed E-state index contributed by atoms with van der Waals surface area (Å²) >= 11 is 2.13. The highest BCUT2D eigenvalue weighted by atomic mass is 127. The molecule has 0 aromatic heterocycles. The maximum atomic E-state index is 11.9. The van der Waals surface area contributed by atoms with E-state index in [0.29, 0.717) is 11.4 Å². The zero-order valence-electron chi connectivity index (χ0n) is 12.2. The first-order valence-corrected chi connectivity index (χ1v) is 7.67. The lowest BCUT2D eigenvalue weighted by Gasteiger charge is -2.09. The Bertz CT molecular complexity index is 732. The monoisotopic (exact) mass is 427 g/mol. The first kappa shape index (κ1) is 17.1.